The maximum Gasteiger partial charge on any atom is 0.265 e. The van der Waals surface area contributed by atoms with Gasteiger partial charge in [-0.1, -0.05) is 23.7 Å². The Morgan fingerprint density at radius 3 is 2.26 bits per heavy atom. The molecule has 0 radical (unpaired) electrons. The number of hydrogen-bond acceptors (Lipinski definition) is 6. The highest BCUT2D eigenvalue weighted by Gasteiger charge is 2.19. The zero-order chi connectivity index (χ0) is 24.9. The minimum atomic E-state index is -3.38. The number of sulfonamides is 1. The molecule has 0 spiro atoms. The van der Waals surface area contributed by atoms with Crippen LogP contribution in [0.25, 0.3) is 0 Å². The quantitative estimate of drug-likeness (QED) is 0.443. The third-order valence-electron chi connectivity index (χ3n) is 4.87. The Kier molecular flexibility index (Phi) is 7.90. The number of benzene rings is 3. The van der Waals surface area contributed by atoms with Gasteiger partial charge in [-0.05, 0) is 61.5 Å². The van der Waals surface area contributed by atoms with E-state index in [4.69, 9.17) is 25.8 Å². The fourth-order valence-electron chi connectivity index (χ4n) is 2.93. The molecule has 0 aliphatic carbocycles. The molecule has 34 heavy (non-hydrogen) atoms. The molecule has 0 heterocycles. The van der Waals surface area contributed by atoms with Gasteiger partial charge in [0, 0.05) is 12.1 Å². The molecular weight excluding hydrogens is 480 g/mol. The van der Waals surface area contributed by atoms with Gasteiger partial charge in [0.15, 0.2) is 23.4 Å². The molecule has 0 saturated heterocycles. The third-order valence-corrected chi connectivity index (χ3v) is 6.31. The summed E-state index contributed by atoms with van der Waals surface area (Å²) in [4.78, 5) is 12.8. The molecule has 0 aliphatic rings. The topological polar surface area (TPSA) is 94.2 Å². The second-order valence-corrected chi connectivity index (χ2v) is 9.82. The van der Waals surface area contributed by atoms with Gasteiger partial charge in [0.05, 0.1) is 24.7 Å². The second-order valence-electron chi connectivity index (χ2n) is 7.37. The summed E-state index contributed by atoms with van der Waals surface area (Å²) in [6, 6.07) is 18.4. The molecule has 180 valence electrons. The number of methoxy groups -OCH3 is 1. The van der Waals surface area contributed by atoms with Gasteiger partial charge in [0.25, 0.3) is 5.91 Å². The van der Waals surface area contributed by atoms with Gasteiger partial charge < -0.3 is 19.5 Å². The van der Waals surface area contributed by atoms with Crippen molar-refractivity contribution in [2.45, 2.75) is 13.0 Å². The summed E-state index contributed by atoms with van der Waals surface area (Å²) in [5.74, 6) is 1.37. The molecule has 10 heteroatoms. The number of amides is 1. The summed E-state index contributed by atoms with van der Waals surface area (Å²) in [5.41, 5.74) is 0.841. The van der Waals surface area contributed by atoms with Gasteiger partial charge in [-0.15, -0.1) is 0 Å². The number of halogens is 1. The van der Waals surface area contributed by atoms with Gasteiger partial charge in [0.2, 0.25) is 10.0 Å². The predicted octanol–water partition coefficient (Wildman–Crippen LogP) is 4.94. The van der Waals surface area contributed by atoms with Crippen LogP contribution in [0.5, 0.6) is 23.0 Å². The molecule has 1 amide bonds. The van der Waals surface area contributed by atoms with Crippen LogP contribution in [0, 0.1) is 0 Å². The largest absolute Gasteiger partial charge is 0.493 e. The van der Waals surface area contributed by atoms with Crippen molar-refractivity contribution in [1.82, 2.24) is 0 Å². The second kappa shape index (κ2) is 10.7. The molecule has 0 aliphatic heterocycles. The zero-order valence-electron chi connectivity index (χ0n) is 19.1. The van der Waals surface area contributed by atoms with Gasteiger partial charge in [0.1, 0.15) is 5.75 Å². The number of carbonyl (C=O) groups excluding carboxylic acids is 1. The molecule has 0 fully saturated rings. The number of hydrogen-bond donors (Lipinski definition) is 1. The van der Waals surface area contributed by atoms with E-state index in [2.05, 4.69) is 5.32 Å². The van der Waals surface area contributed by atoms with E-state index in [0.29, 0.717) is 39.4 Å². The fraction of sp³-hybridized carbons (Fsp3) is 0.208. The minimum absolute atomic E-state index is 0.365. The first kappa shape index (κ1) is 25.2. The molecule has 3 aromatic rings. The number of rotatable bonds is 9. The van der Waals surface area contributed by atoms with Gasteiger partial charge >= 0.3 is 0 Å². The Morgan fingerprint density at radius 1 is 1.00 bits per heavy atom. The van der Waals surface area contributed by atoms with Crippen molar-refractivity contribution >= 4 is 38.9 Å². The minimum Gasteiger partial charge on any atom is -0.493 e. The molecule has 0 unspecified atom stereocenters. The number of para-hydroxylation sites is 2. The summed E-state index contributed by atoms with van der Waals surface area (Å²) in [6.07, 6.45) is 0.252. The van der Waals surface area contributed by atoms with E-state index in [1.807, 2.05) is 6.07 Å². The smallest absolute Gasteiger partial charge is 0.265 e. The standard InChI is InChI=1S/C24H25ClN2O6S/c1-16(32-19-12-10-18(11-13-19)27(2)34(4,29)30)24(28)26-20-15-17(25)9-14-21(20)33-23-8-6-5-7-22(23)31-3/h5-16H,1-4H3,(H,26,28)/t16-/m1/s1. The zero-order valence-corrected chi connectivity index (χ0v) is 20.7. The van der Waals surface area contributed by atoms with Crippen molar-refractivity contribution in [3.05, 3.63) is 71.8 Å². The lowest BCUT2D eigenvalue weighted by Gasteiger charge is -2.19. The van der Waals surface area contributed by atoms with Gasteiger partial charge in [-0.25, -0.2) is 8.42 Å². The van der Waals surface area contributed by atoms with E-state index < -0.39 is 22.0 Å². The van der Waals surface area contributed by atoms with E-state index >= 15 is 0 Å². The lowest BCUT2D eigenvalue weighted by Crippen LogP contribution is -2.30. The van der Waals surface area contributed by atoms with E-state index in [-0.39, 0.29) is 0 Å². The summed E-state index contributed by atoms with van der Waals surface area (Å²) in [5, 5.41) is 3.20. The third kappa shape index (κ3) is 6.33. The predicted molar refractivity (Wildman–Crippen MR) is 133 cm³/mol. The van der Waals surface area contributed by atoms with Crippen LogP contribution in [-0.2, 0) is 14.8 Å². The molecule has 8 nitrogen and oxygen atoms in total. The Balaban J connectivity index is 1.72. The normalized spacial score (nSPS) is 11.9. The Bertz CT molecular complexity index is 1260. The highest BCUT2D eigenvalue weighted by atomic mass is 35.5. The fourth-order valence-corrected chi connectivity index (χ4v) is 3.61. The van der Waals surface area contributed by atoms with Crippen molar-refractivity contribution in [1.29, 1.82) is 0 Å². The lowest BCUT2D eigenvalue weighted by atomic mass is 10.2. The first-order valence-electron chi connectivity index (χ1n) is 10.2. The molecule has 1 N–H and O–H groups in total. The van der Waals surface area contributed by atoms with Gasteiger partial charge in [-0.3, -0.25) is 9.10 Å². The number of nitrogens with one attached hydrogen (secondary N) is 1. The molecule has 0 bridgehead atoms. The van der Waals surface area contributed by atoms with Crippen molar-refractivity contribution in [2.75, 3.05) is 30.0 Å². The number of anilines is 2. The Morgan fingerprint density at radius 2 is 1.65 bits per heavy atom. The number of ether oxygens (including phenoxy) is 3. The lowest BCUT2D eigenvalue weighted by molar-refractivity contribution is -0.122. The van der Waals surface area contributed by atoms with Crippen LogP contribution in [0.3, 0.4) is 0 Å². The average Bonchev–Trinajstić information content (AvgIpc) is 2.80. The average molecular weight is 505 g/mol. The highest BCUT2D eigenvalue weighted by molar-refractivity contribution is 7.92. The van der Waals surface area contributed by atoms with E-state index in [9.17, 15) is 13.2 Å². The molecular formula is C24H25ClN2O6S. The van der Waals surface area contributed by atoms with E-state index in [1.165, 1.54) is 14.2 Å². The maximum absolute atomic E-state index is 12.8. The first-order chi connectivity index (χ1) is 16.1. The van der Waals surface area contributed by atoms with Crippen LogP contribution in [-0.4, -0.2) is 40.8 Å². The van der Waals surface area contributed by atoms with Crippen LogP contribution < -0.4 is 23.8 Å². The van der Waals surface area contributed by atoms with Crippen molar-refractivity contribution < 1.29 is 27.4 Å². The van der Waals surface area contributed by atoms with E-state index in [0.717, 1.165) is 10.6 Å². The van der Waals surface area contributed by atoms with Crippen molar-refractivity contribution in [2.24, 2.45) is 0 Å². The monoisotopic (exact) mass is 504 g/mol. The van der Waals surface area contributed by atoms with Crippen molar-refractivity contribution in [3.63, 3.8) is 0 Å². The van der Waals surface area contributed by atoms with Crippen LogP contribution in [0.2, 0.25) is 5.02 Å². The summed E-state index contributed by atoms with van der Waals surface area (Å²) >= 11 is 6.13. The Labute approximate surface area is 204 Å². The van der Waals surface area contributed by atoms with Crippen LogP contribution in [0.4, 0.5) is 11.4 Å². The van der Waals surface area contributed by atoms with Crippen LogP contribution in [0.15, 0.2) is 66.7 Å². The summed E-state index contributed by atoms with van der Waals surface area (Å²) in [7, 11) is -0.382. The molecule has 3 aromatic carbocycles. The molecule has 1 atom stereocenters. The van der Waals surface area contributed by atoms with Crippen LogP contribution in [0.1, 0.15) is 6.92 Å². The summed E-state index contributed by atoms with van der Waals surface area (Å²) < 4.78 is 41.5. The molecule has 0 saturated carbocycles. The maximum atomic E-state index is 12.8. The SMILES string of the molecule is COc1ccccc1Oc1ccc(Cl)cc1NC(=O)[C@@H](C)Oc1ccc(N(C)S(C)(=O)=O)cc1. The summed E-state index contributed by atoms with van der Waals surface area (Å²) in [6.45, 7) is 1.59. The van der Waals surface area contributed by atoms with Crippen molar-refractivity contribution in [3.8, 4) is 23.0 Å². The number of carbonyl (C=O) groups is 1. The van der Waals surface area contributed by atoms with Crippen LogP contribution >= 0.6 is 11.6 Å². The van der Waals surface area contributed by atoms with E-state index in [1.54, 1.807) is 67.6 Å². The Hall–Kier alpha value is -3.43. The molecule has 0 aromatic heterocycles. The van der Waals surface area contributed by atoms with Gasteiger partial charge in [-0.2, -0.15) is 0 Å². The number of nitrogens with zero attached hydrogens (tertiary/aromatic N) is 1. The first-order valence-corrected chi connectivity index (χ1v) is 12.4. The molecule has 3 rings (SSSR count). The highest BCUT2D eigenvalue weighted by Crippen LogP contribution is 2.36.